The van der Waals surface area contributed by atoms with Crippen LogP contribution in [0.3, 0.4) is 0 Å². The van der Waals surface area contributed by atoms with E-state index >= 15 is 0 Å². The molecule has 2 aromatic rings. The van der Waals surface area contributed by atoms with Crippen molar-refractivity contribution >= 4 is 39.1 Å². The molecular formula is C22H27Cl2FN4O3S. The summed E-state index contributed by atoms with van der Waals surface area (Å²) < 4.78 is 43.6. The van der Waals surface area contributed by atoms with Crippen molar-refractivity contribution in [2.24, 2.45) is 18.4 Å². The van der Waals surface area contributed by atoms with E-state index < -0.39 is 27.8 Å². The third-order valence-electron chi connectivity index (χ3n) is 6.97. The molecule has 0 bridgehead atoms. The van der Waals surface area contributed by atoms with Crippen LogP contribution in [0.2, 0.25) is 10.0 Å². The van der Waals surface area contributed by atoms with E-state index in [0.717, 1.165) is 25.7 Å². The summed E-state index contributed by atoms with van der Waals surface area (Å²) in [6.07, 6.45) is 6.91. The van der Waals surface area contributed by atoms with Gasteiger partial charge in [-0.1, -0.05) is 43.0 Å². The molecule has 1 aliphatic carbocycles. The zero-order valence-electron chi connectivity index (χ0n) is 18.5. The molecule has 0 unspecified atom stereocenters. The largest absolute Gasteiger partial charge is 0.348 e. The first-order valence-corrected chi connectivity index (χ1v) is 13.2. The monoisotopic (exact) mass is 516 g/mol. The SMILES string of the molecule is Cn1ccnc1S(=O)(=O)N1CC[C@H](C(=O)N[C@H](c2c(F)ccc(Cl)c2Cl)C2(C)CCCC2)C1. The number of imidazole rings is 1. The van der Waals surface area contributed by atoms with Gasteiger partial charge in [0.2, 0.25) is 11.1 Å². The number of nitrogens with one attached hydrogen (secondary N) is 1. The molecule has 1 aromatic heterocycles. The van der Waals surface area contributed by atoms with E-state index in [2.05, 4.69) is 10.3 Å². The minimum Gasteiger partial charge on any atom is -0.348 e. The van der Waals surface area contributed by atoms with Gasteiger partial charge in [0.25, 0.3) is 10.0 Å². The fourth-order valence-electron chi connectivity index (χ4n) is 5.01. The summed E-state index contributed by atoms with van der Waals surface area (Å²) in [5, 5.41) is 3.28. The highest BCUT2D eigenvalue weighted by Crippen LogP contribution is 2.50. The number of rotatable bonds is 6. The Labute approximate surface area is 203 Å². The number of hydrogen-bond donors (Lipinski definition) is 1. The number of amides is 1. The van der Waals surface area contributed by atoms with Crippen LogP contribution < -0.4 is 5.32 Å². The lowest BCUT2D eigenvalue weighted by molar-refractivity contribution is -0.126. The molecule has 1 aromatic carbocycles. The second-order valence-corrected chi connectivity index (χ2v) is 11.8. The van der Waals surface area contributed by atoms with E-state index in [4.69, 9.17) is 23.2 Å². The van der Waals surface area contributed by atoms with Gasteiger partial charge in [0, 0.05) is 38.1 Å². The summed E-state index contributed by atoms with van der Waals surface area (Å²) in [5.41, 5.74) is -0.195. The number of halogens is 3. The van der Waals surface area contributed by atoms with Crippen LogP contribution >= 0.6 is 23.2 Å². The van der Waals surface area contributed by atoms with Gasteiger partial charge in [0.05, 0.1) is 22.0 Å². The smallest absolute Gasteiger partial charge is 0.277 e. The maximum atomic E-state index is 15.0. The number of benzene rings is 1. The third-order valence-corrected chi connectivity index (χ3v) is 9.65. The molecule has 2 atom stereocenters. The highest BCUT2D eigenvalue weighted by Gasteiger charge is 2.44. The van der Waals surface area contributed by atoms with E-state index in [9.17, 15) is 17.6 Å². The molecule has 11 heteroatoms. The minimum absolute atomic E-state index is 0.0379. The number of nitrogens with zero attached hydrogens (tertiary/aromatic N) is 3. The van der Waals surface area contributed by atoms with Crippen molar-refractivity contribution in [3.63, 3.8) is 0 Å². The summed E-state index contributed by atoms with van der Waals surface area (Å²) in [6.45, 7) is 2.27. The Morgan fingerprint density at radius 2 is 2.00 bits per heavy atom. The predicted molar refractivity (Wildman–Crippen MR) is 124 cm³/mol. The van der Waals surface area contributed by atoms with E-state index in [1.807, 2.05) is 6.92 Å². The van der Waals surface area contributed by atoms with Crippen molar-refractivity contribution in [1.82, 2.24) is 19.2 Å². The van der Waals surface area contributed by atoms with Crippen molar-refractivity contribution in [2.45, 2.75) is 50.2 Å². The number of aromatic nitrogens is 2. The second kappa shape index (κ2) is 9.17. The van der Waals surface area contributed by atoms with Crippen LogP contribution in [0.15, 0.2) is 29.7 Å². The molecule has 7 nitrogen and oxygen atoms in total. The van der Waals surface area contributed by atoms with Crippen molar-refractivity contribution in [3.8, 4) is 0 Å². The Bertz CT molecular complexity index is 1160. The lowest BCUT2D eigenvalue weighted by Gasteiger charge is -2.36. The quantitative estimate of drug-likeness (QED) is 0.579. The normalized spacial score (nSPS) is 21.9. The standard InChI is InChI=1S/C22H27Cl2FN4O3S/c1-22(8-3-4-9-22)19(17-16(25)6-5-15(23)18(17)24)27-20(30)14-7-11-29(13-14)33(31,32)21-26-10-12-28(21)2/h5-6,10,12,14,19H,3-4,7-9,11,13H2,1-2H3,(H,27,30)/t14-,19+/m0/s1. The van der Waals surface area contributed by atoms with Gasteiger partial charge in [0.1, 0.15) is 5.82 Å². The van der Waals surface area contributed by atoms with Crippen LogP contribution in [-0.4, -0.2) is 41.3 Å². The highest BCUT2D eigenvalue weighted by molar-refractivity contribution is 7.89. The van der Waals surface area contributed by atoms with Gasteiger partial charge in [-0.15, -0.1) is 0 Å². The fraction of sp³-hybridized carbons (Fsp3) is 0.545. The van der Waals surface area contributed by atoms with Crippen LogP contribution in [0, 0.1) is 17.2 Å². The highest BCUT2D eigenvalue weighted by atomic mass is 35.5. The number of carbonyl (C=O) groups excluding carboxylic acids is 1. The van der Waals surface area contributed by atoms with Crippen molar-refractivity contribution in [1.29, 1.82) is 0 Å². The Morgan fingerprint density at radius 3 is 2.64 bits per heavy atom. The number of sulfonamides is 1. The van der Waals surface area contributed by atoms with Crippen molar-refractivity contribution in [2.75, 3.05) is 13.1 Å². The fourth-order valence-corrected chi connectivity index (χ4v) is 7.01. The molecule has 2 heterocycles. The van der Waals surface area contributed by atoms with Crippen molar-refractivity contribution in [3.05, 3.63) is 46.0 Å². The molecule has 0 radical (unpaired) electrons. The van der Waals surface area contributed by atoms with Crippen LogP contribution in [0.4, 0.5) is 4.39 Å². The van der Waals surface area contributed by atoms with E-state index in [1.54, 1.807) is 13.2 Å². The first kappa shape index (κ1) is 24.4. The Morgan fingerprint density at radius 1 is 1.30 bits per heavy atom. The topological polar surface area (TPSA) is 84.3 Å². The molecule has 1 aliphatic heterocycles. The third kappa shape index (κ3) is 4.52. The van der Waals surface area contributed by atoms with E-state index in [0.29, 0.717) is 6.42 Å². The zero-order valence-corrected chi connectivity index (χ0v) is 20.9. The number of carbonyl (C=O) groups is 1. The maximum absolute atomic E-state index is 15.0. The summed E-state index contributed by atoms with van der Waals surface area (Å²) >= 11 is 12.6. The Balaban J connectivity index is 1.58. The molecule has 180 valence electrons. The van der Waals surface area contributed by atoms with Gasteiger partial charge in [-0.25, -0.2) is 17.8 Å². The predicted octanol–water partition coefficient (Wildman–Crippen LogP) is 4.31. The molecule has 1 saturated carbocycles. The molecular weight excluding hydrogens is 490 g/mol. The molecule has 0 spiro atoms. The van der Waals surface area contributed by atoms with Crippen LogP contribution in [-0.2, 0) is 21.9 Å². The van der Waals surface area contributed by atoms with E-state index in [1.165, 1.54) is 27.2 Å². The van der Waals surface area contributed by atoms with Crippen LogP contribution in [0.5, 0.6) is 0 Å². The average Bonchev–Trinajstić information content (AvgIpc) is 3.51. The van der Waals surface area contributed by atoms with Crippen LogP contribution in [0.25, 0.3) is 0 Å². The first-order chi connectivity index (χ1) is 15.5. The summed E-state index contributed by atoms with van der Waals surface area (Å²) in [5.74, 6) is -1.40. The molecule has 2 aliphatic rings. The van der Waals surface area contributed by atoms with Gasteiger partial charge in [0.15, 0.2) is 0 Å². The molecule has 1 amide bonds. The van der Waals surface area contributed by atoms with Crippen LogP contribution in [0.1, 0.15) is 50.6 Å². The summed E-state index contributed by atoms with van der Waals surface area (Å²) in [7, 11) is -2.21. The molecule has 1 saturated heterocycles. The zero-order chi connectivity index (χ0) is 24.0. The van der Waals surface area contributed by atoms with Gasteiger partial charge < -0.3 is 9.88 Å². The first-order valence-electron chi connectivity index (χ1n) is 11.0. The van der Waals surface area contributed by atoms with Gasteiger partial charge in [-0.3, -0.25) is 4.79 Å². The number of hydrogen-bond acceptors (Lipinski definition) is 4. The van der Waals surface area contributed by atoms with E-state index in [-0.39, 0.29) is 45.2 Å². The van der Waals surface area contributed by atoms with Gasteiger partial charge >= 0.3 is 0 Å². The molecule has 4 rings (SSSR count). The van der Waals surface area contributed by atoms with Gasteiger partial charge in [-0.05, 0) is 36.8 Å². The minimum atomic E-state index is -3.81. The molecule has 1 N–H and O–H groups in total. The van der Waals surface area contributed by atoms with Crippen molar-refractivity contribution < 1.29 is 17.6 Å². The van der Waals surface area contributed by atoms with Gasteiger partial charge in [-0.2, -0.15) is 4.31 Å². The summed E-state index contributed by atoms with van der Waals surface area (Å²) in [6, 6.07) is 1.99. The Hall–Kier alpha value is -1.68. The summed E-state index contributed by atoms with van der Waals surface area (Å²) in [4.78, 5) is 17.3. The molecule has 2 fully saturated rings. The Kier molecular flexibility index (Phi) is 6.79. The lowest BCUT2D eigenvalue weighted by Crippen LogP contribution is -2.42. The maximum Gasteiger partial charge on any atom is 0.277 e. The lowest BCUT2D eigenvalue weighted by atomic mass is 9.76. The number of aryl methyl sites for hydroxylation is 1. The average molecular weight is 517 g/mol. The second-order valence-electron chi connectivity index (χ2n) is 9.23. The molecule has 33 heavy (non-hydrogen) atoms.